The van der Waals surface area contributed by atoms with E-state index in [1.807, 2.05) is 0 Å². The molecule has 0 saturated carbocycles. The fraction of sp³-hybridized carbons (Fsp3) is 0.143. The summed E-state index contributed by atoms with van der Waals surface area (Å²) < 4.78 is 10.9. The van der Waals surface area contributed by atoms with Crippen LogP contribution in [0.5, 0.6) is 11.5 Å². The molecule has 1 heterocycles. The van der Waals surface area contributed by atoms with Gasteiger partial charge in [0, 0.05) is 17.8 Å². The molecule has 20 heavy (non-hydrogen) atoms. The van der Waals surface area contributed by atoms with Crippen LogP contribution in [-0.2, 0) is 0 Å². The van der Waals surface area contributed by atoms with Crippen LogP contribution in [0.2, 0.25) is 0 Å². The summed E-state index contributed by atoms with van der Waals surface area (Å²) in [6.07, 6.45) is 1.56. The molecule has 0 unspecified atom stereocenters. The highest BCUT2D eigenvalue weighted by atomic mass is 79.9. The van der Waals surface area contributed by atoms with Crippen molar-refractivity contribution >= 4 is 27.5 Å². The Balaban J connectivity index is 2.23. The maximum Gasteiger partial charge on any atom is 0.255 e. The van der Waals surface area contributed by atoms with Crippen molar-refractivity contribution in [1.29, 1.82) is 0 Å². The fourth-order valence-corrected chi connectivity index (χ4v) is 2.00. The second-order valence-electron chi connectivity index (χ2n) is 3.89. The van der Waals surface area contributed by atoms with Crippen LogP contribution >= 0.6 is 15.9 Å². The van der Waals surface area contributed by atoms with Crippen molar-refractivity contribution in [3.05, 3.63) is 46.7 Å². The molecule has 0 fully saturated rings. The lowest BCUT2D eigenvalue weighted by Crippen LogP contribution is -2.12. The van der Waals surface area contributed by atoms with Gasteiger partial charge in [-0.3, -0.25) is 4.79 Å². The van der Waals surface area contributed by atoms with E-state index in [0.29, 0.717) is 27.4 Å². The quantitative estimate of drug-likeness (QED) is 0.871. The van der Waals surface area contributed by atoms with Gasteiger partial charge in [0.1, 0.15) is 16.1 Å². The topological polar surface area (TPSA) is 60.5 Å². The third-order valence-corrected chi connectivity index (χ3v) is 3.08. The molecule has 5 nitrogen and oxygen atoms in total. The Kier molecular flexibility index (Phi) is 4.57. The van der Waals surface area contributed by atoms with Crippen molar-refractivity contribution in [3.8, 4) is 11.5 Å². The van der Waals surface area contributed by atoms with E-state index in [-0.39, 0.29) is 5.91 Å². The number of carbonyl (C=O) groups is 1. The lowest BCUT2D eigenvalue weighted by atomic mass is 10.2. The van der Waals surface area contributed by atoms with Crippen molar-refractivity contribution in [2.24, 2.45) is 0 Å². The first kappa shape index (κ1) is 14.3. The van der Waals surface area contributed by atoms with Crippen LogP contribution in [0.1, 0.15) is 10.4 Å². The molecule has 0 atom stereocenters. The lowest BCUT2D eigenvalue weighted by Gasteiger charge is -2.11. The molecule has 0 aliphatic carbocycles. The van der Waals surface area contributed by atoms with Crippen molar-refractivity contribution in [3.63, 3.8) is 0 Å². The Morgan fingerprint density at radius 2 is 2.00 bits per heavy atom. The molecule has 1 N–H and O–H groups in total. The van der Waals surface area contributed by atoms with Crippen LogP contribution in [0.4, 0.5) is 5.69 Å². The molecule has 0 bridgehead atoms. The van der Waals surface area contributed by atoms with Gasteiger partial charge in [0.15, 0.2) is 0 Å². The van der Waals surface area contributed by atoms with Crippen LogP contribution in [-0.4, -0.2) is 25.1 Å². The molecular formula is C14H13BrN2O3. The molecule has 0 aliphatic rings. The third-order valence-electron chi connectivity index (χ3n) is 2.65. The van der Waals surface area contributed by atoms with Gasteiger partial charge in [-0.15, -0.1) is 0 Å². The number of hydrogen-bond acceptors (Lipinski definition) is 4. The van der Waals surface area contributed by atoms with E-state index in [1.54, 1.807) is 43.6 Å². The van der Waals surface area contributed by atoms with Crippen LogP contribution in [0.15, 0.2) is 41.1 Å². The number of benzene rings is 1. The van der Waals surface area contributed by atoms with E-state index in [9.17, 15) is 4.79 Å². The van der Waals surface area contributed by atoms with Crippen LogP contribution in [0.25, 0.3) is 0 Å². The first-order valence-corrected chi connectivity index (χ1v) is 6.58. The molecule has 2 rings (SSSR count). The number of halogens is 1. The zero-order chi connectivity index (χ0) is 14.5. The van der Waals surface area contributed by atoms with E-state index < -0.39 is 0 Å². The largest absolute Gasteiger partial charge is 0.497 e. The zero-order valence-corrected chi connectivity index (χ0v) is 12.6. The summed E-state index contributed by atoms with van der Waals surface area (Å²) in [5.74, 6) is 0.953. The standard InChI is InChI=1S/C14H13BrN2O3/c1-19-10-3-4-11(12(8-10)20-2)17-14(18)9-5-6-16-13(15)7-9/h3-8H,1-2H3,(H,17,18). The Morgan fingerprint density at radius 3 is 2.65 bits per heavy atom. The Hall–Kier alpha value is -2.08. The molecule has 104 valence electrons. The number of aromatic nitrogens is 1. The molecule has 0 aliphatic heterocycles. The molecule has 1 amide bonds. The van der Waals surface area contributed by atoms with Crippen molar-refractivity contribution in [2.75, 3.05) is 19.5 Å². The number of amides is 1. The Labute approximate surface area is 125 Å². The fourth-order valence-electron chi connectivity index (χ4n) is 1.64. The minimum Gasteiger partial charge on any atom is -0.497 e. The number of anilines is 1. The van der Waals surface area contributed by atoms with Crippen LogP contribution in [0, 0.1) is 0 Å². The summed E-state index contributed by atoms with van der Waals surface area (Å²) in [7, 11) is 3.11. The smallest absolute Gasteiger partial charge is 0.255 e. The molecule has 6 heteroatoms. The highest BCUT2D eigenvalue weighted by Crippen LogP contribution is 2.29. The molecule has 0 saturated heterocycles. The van der Waals surface area contributed by atoms with Gasteiger partial charge in [-0.1, -0.05) is 0 Å². The van der Waals surface area contributed by atoms with E-state index in [0.717, 1.165) is 0 Å². The van der Waals surface area contributed by atoms with Gasteiger partial charge in [-0.25, -0.2) is 4.98 Å². The predicted octanol–water partition coefficient (Wildman–Crippen LogP) is 3.11. The Bertz CT molecular complexity index is 632. The van der Waals surface area contributed by atoms with Crippen molar-refractivity contribution in [1.82, 2.24) is 4.98 Å². The number of carbonyl (C=O) groups excluding carboxylic acids is 1. The Morgan fingerprint density at radius 1 is 1.20 bits per heavy atom. The minimum absolute atomic E-state index is 0.239. The summed E-state index contributed by atoms with van der Waals surface area (Å²) in [6.45, 7) is 0. The summed E-state index contributed by atoms with van der Waals surface area (Å²) in [5.41, 5.74) is 1.08. The lowest BCUT2D eigenvalue weighted by molar-refractivity contribution is 0.102. The second kappa shape index (κ2) is 6.38. The SMILES string of the molecule is COc1ccc(NC(=O)c2ccnc(Br)c2)c(OC)c1. The highest BCUT2D eigenvalue weighted by Gasteiger charge is 2.11. The summed E-state index contributed by atoms with van der Waals surface area (Å²) in [4.78, 5) is 16.1. The maximum atomic E-state index is 12.1. The third kappa shape index (κ3) is 3.27. The zero-order valence-electron chi connectivity index (χ0n) is 11.0. The number of nitrogens with one attached hydrogen (secondary N) is 1. The maximum absolute atomic E-state index is 12.1. The van der Waals surface area contributed by atoms with Gasteiger partial charge in [-0.05, 0) is 40.2 Å². The number of rotatable bonds is 4. The van der Waals surface area contributed by atoms with Crippen molar-refractivity contribution in [2.45, 2.75) is 0 Å². The van der Waals surface area contributed by atoms with Gasteiger partial charge in [0.05, 0.1) is 19.9 Å². The normalized spacial score (nSPS) is 9.95. The molecule has 0 radical (unpaired) electrons. The van der Waals surface area contributed by atoms with E-state index in [4.69, 9.17) is 9.47 Å². The minimum atomic E-state index is -0.239. The monoisotopic (exact) mass is 336 g/mol. The summed E-state index contributed by atoms with van der Waals surface area (Å²) >= 11 is 3.23. The number of pyridine rings is 1. The highest BCUT2D eigenvalue weighted by molar-refractivity contribution is 9.10. The average Bonchev–Trinajstić information content (AvgIpc) is 2.47. The van der Waals surface area contributed by atoms with Gasteiger partial charge >= 0.3 is 0 Å². The first-order valence-electron chi connectivity index (χ1n) is 5.79. The number of nitrogens with zero attached hydrogens (tertiary/aromatic N) is 1. The van der Waals surface area contributed by atoms with Gasteiger partial charge in [0.25, 0.3) is 5.91 Å². The molecular weight excluding hydrogens is 324 g/mol. The van der Waals surface area contributed by atoms with Crippen LogP contribution < -0.4 is 14.8 Å². The molecule has 1 aromatic heterocycles. The van der Waals surface area contributed by atoms with Crippen molar-refractivity contribution < 1.29 is 14.3 Å². The second-order valence-corrected chi connectivity index (χ2v) is 4.70. The number of methoxy groups -OCH3 is 2. The first-order chi connectivity index (χ1) is 9.63. The average molecular weight is 337 g/mol. The predicted molar refractivity (Wildman–Crippen MR) is 79.4 cm³/mol. The van der Waals surface area contributed by atoms with Crippen LogP contribution in [0.3, 0.4) is 0 Å². The molecule has 0 spiro atoms. The number of hydrogen-bond donors (Lipinski definition) is 1. The number of ether oxygens (including phenoxy) is 2. The van der Waals surface area contributed by atoms with E-state index in [2.05, 4.69) is 26.2 Å². The summed E-state index contributed by atoms with van der Waals surface area (Å²) in [5, 5.41) is 2.79. The molecule has 2 aromatic rings. The van der Waals surface area contributed by atoms with E-state index in [1.165, 1.54) is 7.11 Å². The van der Waals surface area contributed by atoms with Gasteiger partial charge in [0.2, 0.25) is 0 Å². The van der Waals surface area contributed by atoms with Gasteiger partial charge < -0.3 is 14.8 Å². The molecule has 1 aromatic carbocycles. The summed E-state index contributed by atoms with van der Waals surface area (Å²) in [6, 6.07) is 8.46. The van der Waals surface area contributed by atoms with Gasteiger partial charge in [-0.2, -0.15) is 0 Å². The van der Waals surface area contributed by atoms with E-state index >= 15 is 0 Å².